The maximum absolute atomic E-state index is 9.20. The van der Waals surface area contributed by atoms with E-state index < -0.39 is 0 Å². The van der Waals surface area contributed by atoms with Gasteiger partial charge in [0.05, 0.1) is 16.9 Å². The minimum atomic E-state index is 0.0336. The molecular weight excluding hydrogens is 212 g/mol. The van der Waals surface area contributed by atoms with Crippen LogP contribution >= 0.6 is 0 Å². The SMILES string of the molecule is Cc1cc(NC2(C)CCNC2)c(C#N)c(C)n1. The van der Waals surface area contributed by atoms with Crippen LogP contribution < -0.4 is 10.6 Å². The molecule has 1 atom stereocenters. The summed E-state index contributed by atoms with van der Waals surface area (Å²) in [6.45, 7) is 7.96. The Morgan fingerprint density at radius 1 is 1.53 bits per heavy atom. The molecule has 0 spiro atoms. The number of rotatable bonds is 2. The minimum Gasteiger partial charge on any atom is -0.377 e. The summed E-state index contributed by atoms with van der Waals surface area (Å²) >= 11 is 0. The van der Waals surface area contributed by atoms with Crippen LogP contribution in [0.5, 0.6) is 0 Å². The highest BCUT2D eigenvalue weighted by Crippen LogP contribution is 2.25. The second-order valence-electron chi connectivity index (χ2n) is 5.00. The molecule has 2 heterocycles. The van der Waals surface area contributed by atoms with Crippen LogP contribution in [-0.4, -0.2) is 23.6 Å². The monoisotopic (exact) mass is 230 g/mol. The van der Waals surface area contributed by atoms with Crippen molar-refractivity contribution in [2.45, 2.75) is 32.7 Å². The van der Waals surface area contributed by atoms with Gasteiger partial charge in [-0.3, -0.25) is 4.98 Å². The zero-order valence-corrected chi connectivity index (χ0v) is 10.6. The van der Waals surface area contributed by atoms with E-state index in [-0.39, 0.29) is 5.54 Å². The van der Waals surface area contributed by atoms with E-state index in [9.17, 15) is 5.26 Å². The Bertz CT molecular complexity index is 467. The lowest BCUT2D eigenvalue weighted by Crippen LogP contribution is -2.37. The first-order chi connectivity index (χ1) is 8.04. The molecule has 1 aromatic rings. The maximum atomic E-state index is 9.20. The molecule has 17 heavy (non-hydrogen) atoms. The van der Waals surface area contributed by atoms with Crippen molar-refractivity contribution in [3.8, 4) is 6.07 Å². The van der Waals surface area contributed by atoms with Gasteiger partial charge in [0, 0.05) is 17.8 Å². The van der Waals surface area contributed by atoms with Gasteiger partial charge in [0.1, 0.15) is 6.07 Å². The Morgan fingerprint density at radius 2 is 2.29 bits per heavy atom. The standard InChI is InChI=1S/C13H18N4/c1-9-6-12(11(7-14)10(2)16-9)17-13(3)4-5-15-8-13/h6,15H,4-5,8H2,1-3H3,(H,16,17). The third kappa shape index (κ3) is 2.40. The Balaban J connectivity index is 2.35. The average molecular weight is 230 g/mol. The van der Waals surface area contributed by atoms with Crippen molar-refractivity contribution in [3.05, 3.63) is 23.0 Å². The largest absolute Gasteiger partial charge is 0.377 e. The molecule has 1 aliphatic rings. The first-order valence-electron chi connectivity index (χ1n) is 5.91. The third-order valence-electron chi connectivity index (χ3n) is 3.25. The lowest BCUT2D eigenvalue weighted by atomic mass is 10.00. The van der Waals surface area contributed by atoms with Gasteiger partial charge in [0.15, 0.2) is 0 Å². The molecule has 1 saturated heterocycles. The van der Waals surface area contributed by atoms with E-state index in [0.717, 1.165) is 36.6 Å². The highest BCUT2D eigenvalue weighted by Gasteiger charge is 2.29. The Kier molecular flexibility index (Phi) is 3.03. The fraction of sp³-hybridized carbons (Fsp3) is 0.538. The number of hydrogen-bond donors (Lipinski definition) is 2. The van der Waals surface area contributed by atoms with Gasteiger partial charge in [0.25, 0.3) is 0 Å². The van der Waals surface area contributed by atoms with Gasteiger partial charge in [-0.15, -0.1) is 0 Å². The highest BCUT2D eigenvalue weighted by atomic mass is 15.1. The van der Waals surface area contributed by atoms with Crippen molar-refractivity contribution >= 4 is 5.69 Å². The molecule has 4 heteroatoms. The summed E-state index contributed by atoms with van der Waals surface area (Å²) in [5.74, 6) is 0. The van der Waals surface area contributed by atoms with Gasteiger partial charge < -0.3 is 10.6 Å². The molecule has 2 N–H and O–H groups in total. The van der Waals surface area contributed by atoms with E-state index in [1.165, 1.54) is 0 Å². The maximum Gasteiger partial charge on any atom is 0.103 e. The topological polar surface area (TPSA) is 60.7 Å². The van der Waals surface area contributed by atoms with E-state index in [1.807, 2.05) is 19.9 Å². The predicted molar refractivity (Wildman–Crippen MR) is 67.9 cm³/mol. The zero-order valence-electron chi connectivity index (χ0n) is 10.6. The van der Waals surface area contributed by atoms with Crippen molar-refractivity contribution in [2.75, 3.05) is 18.4 Å². The third-order valence-corrected chi connectivity index (χ3v) is 3.25. The zero-order chi connectivity index (χ0) is 12.5. The number of nitriles is 1. The molecule has 0 saturated carbocycles. The summed E-state index contributed by atoms with van der Waals surface area (Å²) < 4.78 is 0. The Morgan fingerprint density at radius 3 is 2.88 bits per heavy atom. The lowest BCUT2D eigenvalue weighted by Gasteiger charge is -2.27. The van der Waals surface area contributed by atoms with Crippen LogP contribution in [0, 0.1) is 25.2 Å². The van der Waals surface area contributed by atoms with E-state index in [0.29, 0.717) is 5.56 Å². The van der Waals surface area contributed by atoms with Crippen molar-refractivity contribution in [1.82, 2.24) is 10.3 Å². The fourth-order valence-electron chi connectivity index (χ4n) is 2.32. The van der Waals surface area contributed by atoms with E-state index in [2.05, 4.69) is 28.6 Å². The number of nitrogens with one attached hydrogen (secondary N) is 2. The summed E-state index contributed by atoms with van der Waals surface area (Å²) in [7, 11) is 0. The van der Waals surface area contributed by atoms with Crippen LogP contribution in [0.15, 0.2) is 6.07 Å². The van der Waals surface area contributed by atoms with Crippen LogP contribution in [0.25, 0.3) is 0 Å². The molecule has 0 amide bonds. The molecule has 4 nitrogen and oxygen atoms in total. The van der Waals surface area contributed by atoms with Crippen LogP contribution in [0.2, 0.25) is 0 Å². The molecule has 2 rings (SSSR count). The molecule has 1 aliphatic heterocycles. The lowest BCUT2D eigenvalue weighted by molar-refractivity contribution is 0.566. The minimum absolute atomic E-state index is 0.0336. The number of aryl methyl sites for hydroxylation is 2. The van der Waals surface area contributed by atoms with Crippen molar-refractivity contribution in [2.24, 2.45) is 0 Å². The molecule has 1 fully saturated rings. The number of hydrogen-bond acceptors (Lipinski definition) is 4. The predicted octanol–water partition coefficient (Wildman–Crippen LogP) is 1.73. The number of anilines is 1. The van der Waals surface area contributed by atoms with E-state index in [4.69, 9.17) is 0 Å². The first-order valence-corrected chi connectivity index (χ1v) is 5.91. The van der Waals surface area contributed by atoms with Gasteiger partial charge >= 0.3 is 0 Å². The Hall–Kier alpha value is -1.60. The molecule has 90 valence electrons. The summed E-state index contributed by atoms with van der Waals surface area (Å²) in [6, 6.07) is 4.19. The molecule has 0 radical (unpaired) electrons. The normalized spacial score (nSPS) is 23.4. The second-order valence-corrected chi connectivity index (χ2v) is 5.00. The van der Waals surface area contributed by atoms with Crippen LogP contribution in [0.1, 0.15) is 30.3 Å². The van der Waals surface area contributed by atoms with Crippen molar-refractivity contribution < 1.29 is 0 Å². The van der Waals surface area contributed by atoms with Gasteiger partial charge in [-0.2, -0.15) is 5.26 Å². The molecule has 0 bridgehead atoms. The number of aromatic nitrogens is 1. The van der Waals surface area contributed by atoms with Crippen LogP contribution in [-0.2, 0) is 0 Å². The molecule has 1 aromatic heterocycles. The van der Waals surface area contributed by atoms with Gasteiger partial charge in [-0.25, -0.2) is 0 Å². The highest BCUT2D eigenvalue weighted by molar-refractivity contribution is 5.61. The first kappa shape index (κ1) is 11.9. The average Bonchev–Trinajstić information content (AvgIpc) is 2.64. The summed E-state index contributed by atoms with van der Waals surface area (Å²) in [5.41, 5.74) is 3.33. The molecular formula is C13H18N4. The summed E-state index contributed by atoms with van der Waals surface area (Å²) in [4.78, 5) is 4.32. The summed E-state index contributed by atoms with van der Waals surface area (Å²) in [5, 5.41) is 16.0. The van der Waals surface area contributed by atoms with Crippen molar-refractivity contribution in [3.63, 3.8) is 0 Å². The fourth-order valence-corrected chi connectivity index (χ4v) is 2.32. The molecule has 0 aliphatic carbocycles. The van der Waals surface area contributed by atoms with Crippen molar-refractivity contribution in [1.29, 1.82) is 5.26 Å². The van der Waals surface area contributed by atoms with Gasteiger partial charge in [0.2, 0.25) is 0 Å². The van der Waals surface area contributed by atoms with E-state index >= 15 is 0 Å². The molecule has 0 aromatic carbocycles. The number of nitrogens with zero attached hydrogens (tertiary/aromatic N) is 2. The van der Waals surface area contributed by atoms with Gasteiger partial charge in [-0.1, -0.05) is 0 Å². The van der Waals surface area contributed by atoms with E-state index in [1.54, 1.807) is 0 Å². The smallest absolute Gasteiger partial charge is 0.103 e. The van der Waals surface area contributed by atoms with Gasteiger partial charge in [-0.05, 0) is 39.8 Å². The quantitative estimate of drug-likeness (QED) is 0.812. The Labute approximate surface area is 102 Å². The second kappa shape index (κ2) is 4.34. The summed E-state index contributed by atoms with van der Waals surface area (Å²) in [6.07, 6.45) is 1.07. The number of pyridine rings is 1. The molecule has 1 unspecified atom stereocenters. The van der Waals surface area contributed by atoms with Crippen LogP contribution in [0.4, 0.5) is 5.69 Å². The van der Waals surface area contributed by atoms with Crippen LogP contribution in [0.3, 0.4) is 0 Å².